The largest absolute Gasteiger partial charge is 0.368 e. The van der Waals surface area contributed by atoms with E-state index in [4.69, 9.17) is 12.2 Å². The average molecular weight is 428 g/mol. The summed E-state index contributed by atoms with van der Waals surface area (Å²) in [5.41, 5.74) is 4.64. The number of benzene rings is 2. The van der Waals surface area contributed by atoms with E-state index in [0.29, 0.717) is 10.2 Å². The van der Waals surface area contributed by atoms with Crippen LogP contribution in [0.5, 0.6) is 0 Å². The second-order valence-electron chi connectivity index (χ2n) is 7.12. The summed E-state index contributed by atoms with van der Waals surface area (Å²) < 4.78 is 0.768. The molecule has 2 aromatic carbocycles. The highest BCUT2D eigenvalue weighted by Crippen LogP contribution is 2.29. The van der Waals surface area contributed by atoms with Gasteiger partial charge in [-0.15, -0.1) is 0 Å². The minimum absolute atomic E-state index is 0.0674. The van der Waals surface area contributed by atoms with E-state index in [9.17, 15) is 10.1 Å². The van der Waals surface area contributed by atoms with Crippen molar-refractivity contribution in [3.8, 4) is 0 Å². The Morgan fingerprint density at radius 1 is 1.17 bits per heavy atom. The zero-order chi connectivity index (χ0) is 20.5. The fourth-order valence-corrected chi connectivity index (χ4v) is 4.80. The van der Waals surface area contributed by atoms with Crippen LogP contribution in [0.1, 0.15) is 11.1 Å². The number of hydrogen-bond acceptors (Lipinski definition) is 6. The summed E-state index contributed by atoms with van der Waals surface area (Å²) in [6, 6.07) is 11.2. The molecule has 0 aliphatic carbocycles. The number of piperazine rings is 1. The third kappa shape index (κ3) is 4.15. The van der Waals surface area contributed by atoms with E-state index in [1.165, 1.54) is 34.2 Å². The van der Waals surface area contributed by atoms with Crippen molar-refractivity contribution in [3.63, 3.8) is 0 Å². The number of thiazole rings is 1. The molecule has 1 aromatic heterocycles. The summed E-state index contributed by atoms with van der Waals surface area (Å²) in [5.74, 6) is 0. The Labute approximate surface area is 178 Å². The Hall–Kier alpha value is -2.78. The maximum Gasteiger partial charge on any atom is 0.270 e. The summed E-state index contributed by atoms with van der Waals surface area (Å²) in [5, 5.41) is 15.4. The van der Waals surface area contributed by atoms with Crippen LogP contribution in [0, 0.1) is 24.0 Å². The molecule has 1 saturated heterocycles. The van der Waals surface area contributed by atoms with Gasteiger partial charge in [0.1, 0.15) is 0 Å². The highest BCUT2D eigenvalue weighted by Gasteiger charge is 2.21. The van der Waals surface area contributed by atoms with Crippen LogP contribution in [0.4, 0.5) is 16.5 Å². The molecule has 150 valence electrons. The molecule has 0 atom stereocenters. The van der Waals surface area contributed by atoms with Crippen molar-refractivity contribution in [2.24, 2.45) is 0 Å². The Morgan fingerprint density at radius 3 is 2.62 bits per heavy atom. The number of nitro groups is 1. The van der Waals surface area contributed by atoms with E-state index >= 15 is 0 Å². The molecule has 7 nitrogen and oxygen atoms in total. The van der Waals surface area contributed by atoms with Crippen LogP contribution in [0.25, 0.3) is 10.2 Å². The van der Waals surface area contributed by atoms with Crippen molar-refractivity contribution >= 4 is 55.4 Å². The lowest BCUT2D eigenvalue weighted by Gasteiger charge is -2.37. The van der Waals surface area contributed by atoms with Gasteiger partial charge in [-0.05, 0) is 43.8 Å². The van der Waals surface area contributed by atoms with Gasteiger partial charge in [0.05, 0.1) is 15.1 Å². The number of aromatic nitrogens is 1. The molecule has 2 heterocycles. The van der Waals surface area contributed by atoms with Crippen molar-refractivity contribution in [3.05, 3.63) is 57.6 Å². The minimum Gasteiger partial charge on any atom is -0.368 e. The van der Waals surface area contributed by atoms with Crippen LogP contribution in [-0.4, -0.2) is 46.1 Å². The predicted octanol–water partition coefficient (Wildman–Crippen LogP) is 4.34. The summed E-state index contributed by atoms with van der Waals surface area (Å²) >= 11 is 6.95. The Morgan fingerprint density at radius 2 is 1.93 bits per heavy atom. The number of aryl methyl sites for hydroxylation is 2. The highest BCUT2D eigenvalue weighted by molar-refractivity contribution is 7.80. The summed E-state index contributed by atoms with van der Waals surface area (Å²) in [6.07, 6.45) is 0. The number of nitro benzene ring substituents is 1. The molecule has 1 fully saturated rings. The molecule has 3 aromatic rings. The number of nitrogens with zero attached hydrogens (tertiary/aromatic N) is 4. The topological polar surface area (TPSA) is 74.5 Å². The first kappa shape index (κ1) is 19.5. The molecular formula is C20H21N5O2S2. The Bertz CT molecular complexity index is 1090. The zero-order valence-corrected chi connectivity index (χ0v) is 17.8. The predicted molar refractivity (Wildman–Crippen MR) is 122 cm³/mol. The van der Waals surface area contributed by atoms with Gasteiger partial charge in [0, 0.05) is 44.0 Å². The van der Waals surface area contributed by atoms with Gasteiger partial charge in [-0.1, -0.05) is 29.0 Å². The van der Waals surface area contributed by atoms with Gasteiger partial charge in [0.15, 0.2) is 10.2 Å². The van der Waals surface area contributed by atoms with Crippen molar-refractivity contribution in [2.75, 3.05) is 36.4 Å². The van der Waals surface area contributed by atoms with Crippen molar-refractivity contribution in [1.82, 2.24) is 9.88 Å². The number of nitrogens with one attached hydrogen (secondary N) is 1. The molecule has 29 heavy (non-hydrogen) atoms. The minimum atomic E-state index is -0.397. The Balaban J connectivity index is 1.40. The lowest BCUT2D eigenvalue weighted by Crippen LogP contribution is -2.50. The van der Waals surface area contributed by atoms with Crippen molar-refractivity contribution in [2.45, 2.75) is 13.8 Å². The number of rotatable bonds is 3. The molecular weight excluding hydrogens is 406 g/mol. The summed E-state index contributed by atoms with van der Waals surface area (Å²) in [7, 11) is 0. The molecule has 4 rings (SSSR count). The van der Waals surface area contributed by atoms with Crippen LogP contribution in [-0.2, 0) is 0 Å². The van der Waals surface area contributed by atoms with E-state index in [0.717, 1.165) is 36.4 Å². The van der Waals surface area contributed by atoms with Crippen LogP contribution in [0.2, 0.25) is 0 Å². The van der Waals surface area contributed by atoms with E-state index in [1.54, 1.807) is 12.1 Å². The SMILES string of the molecule is Cc1ccc(N2CCN(C(=S)Nc3nc4ccc([N+](=O)[O-])cc4s3)CC2)c(C)c1. The first-order valence-electron chi connectivity index (χ1n) is 9.34. The van der Waals surface area contributed by atoms with Crippen molar-refractivity contribution in [1.29, 1.82) is 0 Å². The molecule has 1 N–H and O–H groups in total. The molecule has 1 aliphatic rings. The van der Waals surface area contributed by atoms with Gasteiger partial charge in [0.25, 0.3) is 5.69 Å². The first-order valence-corrected chi connectivity index (χ1v) is 10.6. The normalized spacial score (nSPS) is 14.3. The maximum absolute atomic E-state index is 10.9. The fourth-order valence-electron chi connectivity index (χ4n) is 3.56. The Kier molecular flexibility index (Phi) is 5.33. The van der Waals surface area contributed by atoms with Crippen LogP contribution >= 0.6 is 23.6 Å². The lowest BCUT2D eigenvalue weighted by atomic mass is 10.1. The summed E-state index contributed by atoms with van der Waals surface area (Å²) in [4.78, 5) is 19.6. The zero-order valence-electron chi connectivity index (χ0n) is 16.2. The monoisotopic (exact) mass is 427 g/mol. The standard InChI is InChI=1S/C20H21N5O2S2/c1-13-3-6-17(14(2)11-13)23-7-9-24(10-8-23)20(28)22-19-21-16-5-4-15(25(26)27)12-18(16)29-19/h3-6,11-12H,7-10H2,1-2H3,(H,21,22,28). The molecule has 9 heteroatoms. The quantitative estimate of drug-likeness (QED) is 0.379. The number of fused-ring (bicyclic) bond motifs is 1. The molecule has 0 unspecified atom stereocenters. The number of thiocarbonyl (C=S) groups is 1. The second-order valence-corrected chi connectivity index (χ2v) is 8.54. The van der Waals surface area contributed by atoms with Gasteiger partial charge >= 0.3 is 0 Å². The van der Waals surface area contributed by atoms with E-state index in [1.807, 2.05) is 0 Å². The van der Waals surface area contributed by atoms with Gasteiger partial charge in [-0.25, -0.2) is 4.98 Å². The van der Waals surface area contributed by atoms with Crippen LogP contribution in [0.3, 0.4) is 0 Å². The van der Waals surface area contributed by atoms with Crippen molar-refractivity contribution < 1.29 is 4.92 Å². The van der Waals surface area contributed by atoms with E-state index < -0.39 is 4.92 Å². The fraction of sp³-hybridized carbons (Fsp3) is 0.300. The number of non-ortho nitro benzene ring substituents is 1. The van der Waals surface area contributed by atoms with Crippen LogP contribution < -0.4 is 10.2 Å². The van der Waals surface area contributed by atoms with Gasteiger partial charge < -0.3 is 15.1 Å². The number of anilines is 2. The first-order chi connectivity index (χ1) is 13.9. The molecule has 0 saturated carbocycles. The molecule has 0 radical (unpaired) electrons. The molecule has 1 aliphatic heterocycles. The third-order valence-electron chi connectivity index (χ3n) is 5.06. The average Bonchev–Trinajstić information content (AvgIpc) is 3.09. The van der Waals surface area contributed by atoms with Gasteiger partial charge in [0.2, 0.25) is 0 Å². The van der Waals surface area contributed by atoms with Gasteiger partial charge in [-0.2, -0.15) is 0 Å². The second kappa shape index (κ2) is 7.92. The van der Waals surface area contributed by atoms with Gasteiger partial charge in [-0.3, -0.25) is 10.1 Å². The molecule has 0 spiro atoms. The maximum atomic E-state index is 10.9. The summed E-state index contributed by atoms with van der Waals surface area (Å²) in [6.45, 7) is 7.72. The lowest BCUT2D eigenvalue weighted by molar-refractivity contribution is -0.384. The smallest absolute Gasteiger partial charge is 0.270 e. The van der Waals surface area contributed by atoms with E-state index in [-0.39, 0.29) is 5.69 Å². The van der Waals surface area contributed by atoms with Crippen LogP contribution in [0.15, 0.2) is 36.4 Å². The highest BCUT2D eigenvalue weighted by atomic mass is 32.1. The molecule has 0 bridgehead atoms. The molecule has 0 amide bonds. The van der Waals surface area contributed by atoms with E-state index in [2.05, 4.69) is 52.1 Å². The number of hydrogen-bond donors (Lipinski definition) is 1. The third-order valence-corrected chi connectivity index (χ3v) is 6.35.